The fourth-order valence-electron chi connectivity index (χ4n) is 2.26. The van der Waals surface area contributed by atoms with Crippen LogP contribution in [0.15, 0.2) is 6.20 Å². The molecule has 1 fully saturated rings. The molecule has 6 heteroatoms. The van der Waals surface area contributed by atoms with Crippen molar-refractivity contribution in [1.82, 2.24) is 14.8 Å². The van der Waals surface area contributed by atoms with Crippen LogP contribution in [0.5, 0.6) is 0 Å². The first kappa shape index (κ1) is 14.4. The van der Waals surface area contributed by atoms with Gasteiger partial charge in [0.1, 0.15) is 0 Å². The number of aryl methyl sites for hydroxylation is 1. The molecular formula is C13H22N4OS. The Labute approximate surface area is 118 Å². The quantitative estimate of drug-likeness (QED) is 0.907. The van der Waals surface area contributed by atoms with Crippen LogP contribution >= 0.6 is 11.3 Å². The summed E-state index contributed by atoms with van der Waals surface area (Å²) in [6.45, 7) is 11.2. The lowest BCUT2D eigenvalue weighted by Crippen LogP contribution is -2.52. The maximum atomic E-state index is 12.2. The Balaban J connectivity index is 1.85. The highest BCUT2D eigenvalue weighted by Gasteiger charge is 2.25. The van der Waals surface area contributed by atoms with Crippen molar-refractivity contribution >= 4 is 22.4 Å². The minimum atomic E-state index is -0.0942. The van der Waals surface area contributed by atoms with Gasteiger partial charge >= 0.3 is 0 Å². The molecule has 1 atom stereocenters. The Morgan fingerprint density at radius 3 is 2.68 bits per heavy atom. The number of amides is 1. The number of carbonyl (C=O) groups is 1. The van der Waals surface area contributed by atoms with E-state index < -0.39 is 0 Å². The average molecular weight is 282 g/mol. The van der Waals surface area contributed by atoms with Gasteiger partial charge in [0, 0.05) is 37.3 Å². The Morgan fingerprint density at radius 2 is 2.16 bits per heavy atom. The molecule has 1 aromatic heterocycles. The smallest absolute Gasteiger partial charge is 0.243 e. The van der Waals surface area contributed by atoms with Crippen molar-refractivity contribution in [1.29, 1.82) is 0 Å². The number of carbonyl (C=O) groups excluding carboxylic acids is 1. The predicted molar refractivity (Wildman–Crippen MR) is 78.6 cm³/mol. The topological polar surface area (TPSA) is 48.5 Å². The zero-order valence-electron chi connectivity index (χ0n) is 11.8. The highest BCUT2D eigenvalue weighted by Crippen LogP contribution is 2.17. The normalized spacial score (nSPS) is 19.3. The standard InChI is InChI=1S/C13H22N4OS/c1-4-16-5-7-17(8-6-16)11(3)12(18)15-13-14-9-10(2)19-13/h9,11H,4-8H2,1-3H3,(H,14,15,18)/t11-/m0/s1. The van der Waals surface area contributed by atoms with Crippen LogP contribution in [-0.4, -0.2) is 59.5 Å². The van der Waals surface area contributed by atoms with Crippen molar-refractivity contribution in [2.24, 2.45) is 0 Å². The molecule has 19 heavy (non-hydrogen) atoms. The van der Waals surface area contributed by atoms with E-state index in [2.05, 4.69) is 27.0 Å². The number of hydrogen-bond donors (Lipinski definition) is 1. The van der Waals surface area contributed by atoms with Crippen molar-refractivity contribution in [2.45, 2.75) is 26.8 Å². The van der Waals surface area contributed by atoms with Crippen molar-refractivity contribution in [2.75, 3.05) is 38.0 Å². The fourth-order valence-corrected chi connectivity index (χ4v) is 2.92. The second kappa shape index (κ2) is 6.45. The summed E-state index contributed by atoms with van der Waals surface area (Å²) in [5.74, 6) is 0.0410. The molecule has 0 aliphatic carbocycles. The van der Waals surface area contributed by atoms with E-state index in [9.17, 15) is 4.79 Å². The number of aromatic nitrogens is 1. The molecule has 0 radical (unpaired) electrons. The number of thiazole rings is 1. The van der Waals surface area contributed by atoms with Crippen LogP contribution < -0.4 is 5.32 Å². The summed E-state index contributed by atoms with van der Waals surface area (Å²) >= 11 is 1.51. The van der Waals surface area contributed by atoms with Crippen molar-refractivity contribution in [3.8, 4) is 0 Å². The van der Waals surface area contributed by atoms with Crippen molar-refractivity contribution in [3.05, 3.63) is 11.1 Å². The molecule has 1 aromatic rings. The molecule has 1 amide bonds. The molecule has 0 spiro atoms. The van der Waals surface area contributed by atoms with Crippen LogP contribution in [0, 0.1) is 6.92 Å². The zero-order chi connectivity index (χ0) is 13.8. The molecule has 2 rings (SSSR count). The average Bonchev–Trinajstić information content (AvgIpc) is 2.83. The van der Waals surface area contributed by atoms with Gasteiger partial charge in [-0.2, -0.15) is 0 Å². The van der Waals surface area contributed by atoms with Crippen LogP contribution in [0.1, 0.15) is 18.7 Å². The maximum Gasteiger partial charge on any atom is 0.243 e. The summed E-state index contributed by atoms with van der Waals surface area (Å²) in [4.78, 5) is 22.1. The largest absolute Gasteiger partial charge is 0.301 e. The molecule has 5 nitrogen and oxygen atoms in total. The predicted octanol–water partition coefficient (Wildman–Crippen LogP) is 1.42. The first-order valence-corrected chi connectivity index (χ1v) is 7.61. The minimum Gasteiger partial charge on any atom is -0.301 e. The van der Waals surface area contributed by atoms with E-state index in [1.165, 1.54) is 11.3 Å². The van der Waals surface area contributed by atoms with Gasteiger partial charge in [-0.15, -0.1) is 11.3 Å². The number of nitrogens with zero attached hydrogens (tertiary/aromatic N) is 3. The summed E-state index contributed by atoms with van der Waals surface area (Å²) < 4.78 is 0. The monoisotopic (exact) mass is 282 g/mol. The lowest BCUT2D eigenvalue weighted by atomic mass is 10.2. The van der Waals surface area contributed by atoms with E-state index in [0.717, 1.165) is 37.6 Å². The van der Waals surface area contributed by atoms with Gasteiger partial charge in [0.05, 0.1) is 6.04 Å². The van der Waals surface area contributed by atoms with E-state index in [4.69, 9.17) is 0 Å². The van der Waals surface area contributed by atoms with E-state index in [1.807, 2.05) is 13.8 Å². The lowest BCUT2D eigenvalue weighted by Gasteiger charge is -2.36. The summed E-state index contributed by atoms with van der Waals surface area (Å²) in [6, 6.07) is -0.0942. The Bertz CT molecular complexity index is 426. The van der Waals surface area contributed by atoms with Crippen LogP contribution in [0.4, 0.5) is 5.13 Å². The molecule has 1 aliphatic rings. The fraction of sp³-hybridized carbons (Fsp3) is 0.692. The molecule has 2 heterocycles. The summed E-state index contributed by atoms with van der Waals surface area (Å²) in [7, 11) is 0. The van der Waals surface area contributed by atoms with E-state index in [-0.39, 0.29) is 11.9 Å². The first-order valence-electron chi connectivity index (χ1n) is 6.80. The van der Waals surface area contributed by atoms with Crippen LogP contribution in [0.25, 0.3) is 0 Å². The number of anilines is 1. The first-order chi connectivity index (χ1) is 9.10. The molecule has 0 aromatic carbocycles. The molecule has 0 unspecified atom stereocenters. The Hall–Kier alpha value is -0.980. The minimum absolute atomic E-state index is 0.0410. The zero-order valence-corrected chi connectivity index (χ0v) is 12.7. The number of hydrogen-bond acceptors (Lipinski definition) is 5. The molecule has 1 saturated heterocycles. The van der Waals surface area contributed by atoms with Gasteiger partial charge in [-0.25, -0.2) is 4.98 Å². The molecule has 0 bridgehead atoms. The number of likely N-dealkylation sites (N-methyl/N-ethyl adjacent to an activating group) is 1. The highest BCUT2D eigenvalue weighted by molar-refractivity contribution is 7.15. The van der Waals surface area contributed by atoms with Crippen LogP contribution in [0.2, 0.25) is 0 Å². The highest BCUT2D eigenvalue weighted by atomic mass is 32.1. The third-order valence-electron chi connectivity index (χ3n) is 3.63. The van der Waals surface area contributed by atoms with Crippen LogP contribution in [-0.2, 0) is 4.79 Å². The lowest BCUT2D eigenvalue weighted by molar-refractivity contribution is -0.121. The molecule has 1 aliphatic heterocycles. The van der Waals surface area contributed by atoms with Gasteiger partial charge in [-0.05, 0) is 20.4 Å². The summed E-state index contributed by atoms with van der Waals surface area (Å²) in [5, 5.41) is 3.59. The van der Waals surface area contributed by atoms with E-state index in [1.54, 1.807) is 6.20 Å². The summed E-state index contributed by atoms with van der Waals surface area (Å²) in [6.07, 6.45) is 1.78. The Morgan fingerprint density at radius 1 is 1.47 bits per heavy atom. The molecular weight excluding hydrogens is 260 g/mol. The maximum absolute atomic E-state index is 12.2. The third-order valence-corrected chi connectivity index (χ3v) is 4.46. The number of nitrogens with one attached hydrogen (secondary N) is 1. The molecule has 1 N–H and O–H groups in total. The third kappa shape index (κ3) is 3.75. The van der Waals surface area contributed by atoms with E-state index >= 15 is 0 Å². The second-order valence-electron chi connectivity index (χ2n) is 4.91. The van der Waals surface area contributed by atoms with Gasteiger partial charge in [0.15, 0.2) is 5.13 Å². The van der Waals surface area contributed by atoms with Gasteiger partial charge in [-0.3, -0.25) is 9.69 Å². The van der Waals surface area contributed by atoms with Crippen LogP contribution in [0.3, 0.4) is 0 Å². The van der Waals surface area contributed by atoms with E-state index in [0.29, 0.717) is 5.13 Å². The SMILES string of the molecule is CCN1CCN([C@@H](C)C(=O)Nc2ncc(C)s2)CC1. The van der Waals surface area contributed by atoms with Gasteiger partial charge in [0.2, 0.25) is 5.91 Å². The van der Waals surface area contributed by atoms with Crippen molar-refractivity contribution < 1.29 is 4.79 Å². The molecule has 106 valence electrons. The van der Waals surface area contributed by atoms with Gasteiger partial charge in [-0.1, -0.05) is 6.92 Å². The van der Waals surface area contributed by atoms with Crippen molar-refractivity contribution in [3.63, 3.8) is 0 Å². The summed E-state index contributed by atoms with van der Waals surface area (Å²) in [5.41, 5.74) is 0. The Kier molecular flexibility index (Phi) is 4.90. The van der Waals surface area contributed by atoms with Gasteiger partial charge < -0.3 is 10.2 Å². The second-order valence-corrected chi connectivity index (χ2v) is 6.15. The van der Waals surface area contributed by atoms with Gasteiger partial charge in [0.25, 0.3) is 0 Å². The number of piperazine rings is 1. The number of rotatable bonds is 4. The molecule has 0 saturated carbocycles.